The number of rotatable bonds is 8. The fraction of sp³-hybridized carbons (Fsp3) is 0.208. The molecule has 2 heterocycles. The van der Waals surface area contributed by atoms with E-state index in [0.717, 1.165) is 33.7 Å². The van der Waals surface area contributed by atoms with Gasteiger partial charge in [-0.3, -0.25) is 0 Å². The smallest absolute Gasteiger partial charge is 0.339 e. The van der Waals surface area contributed by atoms with Crippen LogP contribution in [0.2, 0.25) is 5.02 Å². The second-order valence-corrected chi connectivity index (χ2v) is 7.68. The number of aryl methyl sites for hydroxylation is 1. The molecule has 0 radical (unpaired) electrons. The maximum Gasteiger partial charge on any atom is 0.339 e. The van der Waals surface area contributed by atoms with Gasteiger partial charge in [-0.25, -0.2) is 14.8 Å². The van der Waals surface area contributed by atoms with Crippen LogP contribution in [-0.2, 0) is 6.54 Å². The summed E-state index contributed by atoms with van der Waals surface area (Å²) in [7, 11) is 0. The molecule has 2 N–H and O–H groups in total. The Bertz CT molecular complexity index is 1290. The minimum absolute atomic E-state index is 0.123. The second kappa shape index (κ2) is 9.28. The van der Waals surface area contributed by atoms with E-state index in [0.29, 0.717) is 30.4 Å². The predicted octanol–water partition coefficient (Wildman–Crippen LogP) is 5.27. The molecule has 32 heavy (non-hydrogen) atoms. The van der Waals surface area contributed by atoms with Crippen LogP contribution in [0.4, 0.5) is 5.82 Å². The molecule has 0 aliphatic carbocycles. The zero-order valence-electron chi connectivity index (χ0n) is 17.8. The number of fused-ring (bicyclic) bond motifs is 1. The summed E-state index contributed by atoms with van der Waals surface area (Å²) in [6.07, 6.45) is 1.49. The zero-order valence-corrected chi connectivity index (χ0v) is 18.6. The minimum Gasteiger partial charge on any atom is -0.493 e. The summed E-state index contributed by atoms with van der Waals surface area (Å²) in [6, 6.07) is 14.8. The van der Waals surface area contributed by atoms with Crippen molar-refractivity contribution in [3.05, 3.63) is 71.1 Å². The Labute approximate surface area is 190 Å². The highest BCUT2D eigenvalue weighted by Crippen LogP contribution is 2.28. The molecule has 4 aromatic rings. The summed E-state index contributed by atoms with van der Waals surface area (Å²) in [5.41, 5.74) is 3.79. The number of halogens is 1. The van der Waals surface area contributed by atoms with Gasteiger partial charge >= 0.3 is 5.97 Å². The molecule has 8 heteroatoms. The van der Waals surface area contributed by atoms with E-state index in [9.17, 15) is 9.90 Å². The molecule has 0 saturated carbocycles. The summed E-state index contributed by atoms with van der Waals surface area (Å²) in [6.45, 7) is 5.66. The molecule has 0 aliphatic heterocycles. The molecular formula is C24H23ClN4O3. The molecular weight excluding hydrogens is 428 g/mol. The van der Waals surface area contributed by atoms with Gasteiger partial charge in [0.05, 0.1) is 12.3 Å². The zero-order chi connectivity index (χ0) is 22.7. The number of aromatic carboxylic acids is 1. The molecule has 0 fully saturated rings. The van der Waals surface area contributed by atoms with Crippen molar-refractivity contribution in [2.45, 2.75) is 20.4 Å². The first kappa shape index (κ1) is 21.6. The van der Waals surface area contributed by atoms with Gasteiger partial charge in [0, 0.05) is 46.3 Å². The molecule has 0 spiro atoms. The van der Waals surface area contributed by atoms with Gasteiger partial charge in [0.15, 0.2) is 0 Å². The largest absolute Gasteiger partial charge is 0.493 e. The van der Waals surface area contributed by atoms with Crippen LogP contribution in [0.25, 0.3) is 22.2 Å². The molecule has 0 amide bonds. The lowest BCUT2D eigenvalue weighted by atomic mass is 10.1. The van der Waals surface area contributed by atoms with Gasteiger partial charge in [0.2, 0.25) is 0 Å². The first-order chi connectivity index (χ1) is 15.5. The number of hydrogen-bond donors (Lipinski definition) is 2. The topological polar surface area (TPSA) is 89.3 Å². The Morgan fingerprint density at radius 3 is 2.81 bits per heavy atom. The van der Waals surface area contributed by atoms with E-state index >= 15 is 0 Å². The molecule has 0 saturated heterocycles. The average molecular weight is 451 g/mol. The van der Waals surface area contributed by atoms with Crippen LogP contribution in [-0.4, -0.2) is 38.8 Å². The fourth-order valence-corrected chi connectivity index (χ4v) is 3.94. The number of ether oxygens (including phenoxy) is 1. The van der Waals surface area contributed by atoms with E-state index in [1.165, 1.54) is 12.4 Å². The second-order valence-electron chi connectivity index (χ2n) is 7.27. The Balaban J connectivity index is 1.51. The maximum atomic E-state index is 11.4. The first-order valence-corrected chi connectivity index (χ1v) is 10.7. The lowest BCUT2D eigenvalue weighted by Gasteiger charge is -2.12. The lowest BCUT2D eigenvalue weighted by Crippen LogP contribution is -2.12. The van der Waals surface area contributed by atoms with Gasteiger partial charge in [-0.05, 0) is 44.2 Å². The van der Waals surface area contributed by atoms with Crippen LogP contribution >= 0.6 is 11.6 Å². The molecule has 0 atom stereocenters. The van der Waals surface area contributed by atoms with Crippen LogP contribution in [0.15, 0.2) is 54.9 Å². The van der Waals surface area contributed by atoms with E-state index in [1.807, 2.05) is 25.1 Å². The first-order valence-electron chi connectivity index (χ1n) is 10.3. The maximum absolute atomic E-state index is 11.4. The van der Waals surface area contributed by atoms with Crippen LogP contribution in [0.1, 0.15) is 23.0 Å². The van der Waals surface area contributed by atoms with Crippen molar-refractivity contribution < 1.29 is 14.6 Å². The standard InChI is InChI=1S/C24H23ClN4O3/c1-3-32-22-12-16(7-8-17(22)24(30)31)20-13-23(28-14-27-20)26-9-10-29-15(2)11-18-19(25)5-4-6-21(18)29/h4-8,11-14H,3,9-10H2,1-2H3,(H,30,31)(H,26,27,28). The summed E-state index contributed by atoms with van der Waals surface area (Å²) in [5, 5.41) is 14.5. The van der Waals surface area contributed by atoms with Crippen LogP contribution in [0, 0.1) is 6.92 Å². The molecule has 4 rings (SSSR count). The number of aromatic nitrogens is 3. The number of benzene rings is 2. The summed E-state index contributed by atoms with van der Waals surface area (Å²) < 4.78 is 7.72. The third-order valence-electron chi connectivity index (χ3n) is 5.22. The van der Waals surface area contributed by atoms with Gasteiger partial charge in [-0.15, -0.1) is 0 Å². The monoisotopic (exact) mass is 450 g/mol. The van der Waals surface area contributed by atoms with Crippen molar-refractivity contribution in [1.82, 2.24) is 14.5 Å². The van der Waals surface area contributed by atoms with Gasteiger partial charge in [0.1, 0.15) is 23.5 Å². The van der Waals surface area contributed by atoms with Gasteiger partial charge < -0.3 is 19.7 Å². The highest BCUT2D eigenvalue weighted by Gasteiger charge is 2.14. The van der Waals surface area contributed by atoms with Gasteiger partial charge in [-0.1, -0.05) is 23.7 Å². The SMILES string of the molecule is CCOc1cc(-c2cc(NCCn3c(C)cc4c(Cl)cccc43)ncn2)ccc1C(=O)O. The summed E-state index contributed by atoms with van der Waals surface area (Å²) in [5.74, 6) is -0.0270. The number of nitrogens with one attached hydrogen (secondary N) is 1. The normalized spacial score (nSPS) is 11.0. The van der Waals surface area contributed by atoms with E-state index in [1.54, 1.807) is 12.1 Å². The number of hydrogen-bond acceptors (Lipinski definition) is 5. The van der Waals surface area contributed by atoms with E-state index in [2.05, 4.69) is 38.9 Å². The van der Waals surface area contributed by atoms with Crippen molar-refractivity contribution >= 4 is 34.3 Å². The number of anilines is 1. The molecule has 0 aliphatic rings. The number of carbonyl (C=O) groups is 1. The molecule has 0 bridgehead atoms. The lowest BCUT2D eigenvalue weighted by molar-refractivity contribution is 0.0692. The van der Waals surface area contributed by atoms with Crippen molar-refractivity contribution in [1.29, 1.82) is 0 Å². The van der Waals surface area contributed by atoms with E-state index in [-0.39, 0.29) is 5.56 Å². The number of carboxylic acid groups (broad SMARTS) is 1. The minimum atomic E-state index is -1.03. The van der Waals surface area contributed by atoms with Gasteiger partial charge in [-0.2, -0.15) is 0 Å². The molecule has 2 aromatic carbocycles. The highest BCUT2D eigenvalue weighted by atomic mass is 35.5. The van der Waals surface area contributed by atoms with Crippen molar-refractivity contribution in [2.24, 2.45) is 0 Å². The molecule has 7 nitrogen and oxygen atoms in total. The highest BCUT2D eigenvalue weighted by molar-refractivity contribution is 6.35. The van der Waals surface area contributed by atoms with Gasteiger partial charge in [0.25, 0.3) is 0 Å². The van der Waals surface area contributed by atoms with Crippen molar-refractivity contribution in [3.63, 3.8) is 0 Å². The van der Waals surface area contributed by atoms with Crippen LogP contribution in [0.5, 0.6) is 5.75 Å². The van der Waals surface area contributed by atoms with Crippen LogP contribution < -0.4 is 10.1 Å². The average Bonchev–Trinajstić information content (AvgIpc) is 3.11. The van der Waals surface area contributed by atoms with Crippen LogP contribution in [0.3, 0.4) is 0 Å². The third kappa shape index (κ3) is 4.38. The van der Waals surface area contributed by atoms with E-state index < -0.39 is 5.97 Å². The third-order valence-corrected chi connectivity index (χ3v) is 5.55. The van der Waals surface area contributed by atoms with Crippen molar-refractivity contribution in [2.75, 3.05) is 18.5 Å². The summed E-state index contributed by atoms with van der Waals surface area (Å²) in [4.78, 5) is 20.1. The molecule has 2 aromatic heterocycles. The Morgan fingerprint density at radius 1 is 1.19 bits per heavy atom. The Kier molecular flexibility index (Phi) is 6.28. The number of carboxylic acids is 1. The fourth-order valence-electron chi connectivity index (χ4n) is 3.72. The number of nitrogens with zero attached hydrogens (tertiary/aromatic N) is 3. The molecule has 164 valence electrons. The molecule has 0 unspecified atom stereocenters. The quantitative estimate of drug-likeness (QED) is 0.380. The Hall–Kier alpha value is -3.58. The van der Waals surface area contributed by atoms with Crippen molar-refractivity contribution in [3.8, 4) is 17.0 Å². The predicted molar refractivity (Wildman–Crippen MR) is 126 cm³/mol. The van der Waals surface area contributed by atoms with E-state index in [4.69, 9.17) is 16.3 Å². The summed E-state index contributed by atoms with van der Waals surface area (Å²) >= 11 is 6.32. The Morgan fingerprint density at radius 2 is 2.03 bits per heavy atom.